The third kappa shape index (κ3) is 3.58. The lowest BCUT2D eigenvalue weighted by Gasteiger charge is -2.02. The average molecular weight is 476 g/mol. The van der Waals surface area contributed by atoms with Crippen LogP contribution >= 0.6 is 0 Å². The van der Waals surface area contributed by atoms with Crippen LogP contribution < -0.4 is 26.6 Å². The van der Waals surface area contributed by atoms with Gasteiger partial charge in [-0.2, -0.15) is 0 Å². The van der Waals surface area contributed by atoms with E-state index in [9.17, 15) is 22.8 Å². The molecule has 0 bridgehead atoms. The number of hydrogen-bond donors (Lipinski definition) is 3. The highest BCUT2D eigenvalue weighted by Gasteiger charge is 2.27. The minimum atomic E-state index is -3.85. The lowest BCUT2D eigenvalue weighted by molar-refractivity contribution is 0.0879. The molecule has 2 aromatic carbocycles. The van der Waals surface area contributed by atoms with Crippen LogP contribution in [0, 0.1) is 0 Å². The molecule has 34 heavy (non-hydrogen) atoms. The highest BCUT2D eigenvalue weighted by atomic mass is 32.2. The first-order valence-corrected chi connectivity index (χ1v) is 11.4. The van der Waals surface area contributed by atoms with E-state index >= 15 is 0 Å². The van der Waals surface area contributed by atoms with Crippen molar-refractivity contribution >= 4 is 34.5 Å². The molecule has 0 saturated heterocycles. The van der Waals surface area contributed by atoms with Gasteiger partial charge < -0.3 is 4.42 Å². The monoisotopic (exact) mass is 476 g/mol. The minimum Gasteiger partial charge on any atom is -0.457 e. The lowest BCUT2D eigenvalue weighted by Crippen LogP contribution is -2.33. The average Bonchev–Trinajstić information content (AvgIpc) is 3.46. The maximum Gasteiger partial charge on any atom is 0.279 e. The third-order valence-electron chi connectivity index (χ3n) is 5.36. The van der Waals surface area contributed by atoms with Crippen LogP contribution in [0.1, 0.15) is 26.5 Å². The Labute approximate surface area is 191 Å². The van der Waals surface area contributed by atoms with Gasteiger partial charge in [-0.15, -0.1) is 0 Å². The van der Waals surface area contributed by atoms with E-state index in [0.717, 1.165) is 0 Å². The van der Waals surface area contributed by atoms with E-state index in [1.807, 2.05) is 0 Å². The molecule has 4 N–H and O–H groups in total. The van der Waals surface area contributed by atoms with E-state index in [2.05, 4.69) is 17.0 Å². The number of hydrogen-bond acceptors (Lipinski definition) is 6. The van der Waals surface area contributed by atoms with Gasteiger partial charge in [0.05, 0.1) is 32.3 Å². The second-order valence-electron chi connectivity index (χ2n) is 7.57. The summed E-state index contributed by atoms with van der Waals surface area (Å²) in [6, 6.07) is 13.6. The van der Waals surface area contributed by atoms with E-state index in [1.165, 1.54) is 35.0 Å². The molecule has 5 rings (SSSR count). The summed E-state index contributed by atoms with van der Waals surface area (Å²) in [7, 11) is -3.85. The summed E-state index contributed by atoms with van der Waals surface area (Å²) < 4.78 is 29.9. The standard InChI is InChI=1S/C23H16N4O6S/c1-12-18(23(30)27(26-12)14-3-6-16(7-4-14)34(24,31)32)11-15-5-9-20(33-15)13-2-8-17-19(10-13)22(29)25-21(17)28/h2-11,26H,1H2,(H2,24,31,32)(H,25,28,29)/b18-11+. The smallest absolute Gasteiger partial charge is 0.279 e. The van der Waals surface area contributed by atoms with Crippen LogP contribution in [0.4, 0.5) is 0 Å². The van der Waals surface area contributed by atoms with Crippen molar-refractivity contribution in [1.82, 2.24) is 15.1 Å². The fourth-order valence-corrected chi connectivity index (χ4v) is 4.18. The summed E-state index contributed by atoms with van der Waals surface area (Å²) in [6.07, 6.45) is 1.52. The number of nitrogens with zero attached hydrogens (tertiary/aromatic N) is 1. The topological polar surface area (TPSA) is 157 Å². The predicted octanol–water partition coefficient (Wildman–Crippen LogP) is 0.196. The van der Waals surface area contributed by atoms with Crippen LogP contribution in [0.25, 0.3) is 29.7 Å². The number of primary sulfonamides is 1. The zero-order valence-electron chi connectivity index (χ0n) is 17.4. The first-order valence-electron chi connectivity index (χ1n) is 9.87. The van der Waals surface area contributed by atoms with Crippen LogP contribution in [0.3, 0.4) is 0 Å². The Kier molecular flexibility index (Phi) is 4.74. The molecule has 1 aliphatic heterocycles. The van der Waals surface area contributed by atoms with Gasteiger partial charge in [-0.1, -0.05) is 12.6 Å². The van der Waals surface area contributed by atoms with Gasteiger partial charge in [0, 0.05) is 5.56 Å². The summed E-state index contributed by atoms with van der Waals surface area (Å²) in [6.45, 7) is 3.86. The number of nitrogens with one attached hydrogen (secondary N) is 2. The number of aromatic nitrogens is 2. The van der Waals surface area contributed by atoms with Crippen molar-refractivity contribution in [3.8, 4) is 17.0 Å². The molecule has 1 aliphatic rings. The molecule has 170 valence electrons. The van der Waals surface area contributed by atoms with Crippen LogP contribution in [0.5, 0.6) is 0 Å². The lowest BCUT2D eigenvalue weighted by atomic mass is 10.0. The SMILES string of the molecule is C=c1[nH]n(-c2ccc(S(N)(=O)=O)cc2)c(=O)/c1=C/c1ccc(-c2ccc3c(c2)C(=O)NC3=O)o1. The van der Waals surface area contributed by atoms with Crippen molar-refractivity contribution < 1.29 is 22.4 Å². The van der Waals surface area contributed by atoms with Crippen LogP contribution in [-0.2, 0) is 10.0 Å². The third-order valence-corrected chi connectivity index (χ3v) is 6.29. The molecule has 0 unspecified atom stereocenters. The maximum atomic E-state index is 12.9. The first-order chi connectivity index (χ1) is 16.1. The number of sulfonamides is 1. The van der Waals surface area contributed by atoms with Gasteiger partial charge >= 0.3 is 0 Å². The number of amides is 2. The summed E-state index contributed by atoms with van der Waals surface area (Å²) >= 11 is 0. The molecule has 0 radical (unpaired) electrons. The number of carbonyl (C=O) groups excluding carboxylic acids is 2. The maximum absolute atomic E-state index is 12.9. The Morgan fingerprint density at radius 1 is 0.941 bits per heavy atom. The largest absolute Gasteiger partial charge is 0.457 e. The second kappa shape index (κ2) is 7.54. The van der Waals surface area contributed by atoms with Crippen LogP contribution in [-0.4, -0.2) is 30.0 Å². The number of H-pyrrole nitrogens is 1. The number of fused-ring (bicyclic) bond motifs is 1. The van der Waals surface area contributed by atoms with Crippen molar-refractivity contribution in [2.24, 2.45) is 5.14 Å². The number of furan rings is 1. The highest BCUT2D eigenvalue weighted by Crippen LogP contribution is 2.27. The van der Waals surface area contributed by atoms with Crippen LogP contribution in [0.2, 0.25) is 0 Å². The van der Waals surface area contributed by atoms with Crippen LogP contribution in [0.15, 0.2) is 68.7 Å². The molecular weight excluding hydrogens is 460 g/mol. The normalized spacial score (nSPS) is 13.9. The number of rotatable bonds is 4. The number of carbonyl (C=O) groups is 2. The van der Waals surface area contributed by atoms with E-state index < -0.39 is 27.4 Å². The Bertz CT molecular complexity index is 1780. The molecule has 11 heteroatoms. The molecule has 10 nitrogen and oxygen atoms in total. The summed E-state index contributed by atoms with van der Waals surface area (Å²) in [4.78, 5) is 36.5. The zero-order chi connectivity index (χ0) is 24.2. The zero-order valence-corrected chi connectivity index (χ0v) is 18.2. The molecule has 0 atom stereocenters. The second-order valence-corrected chi connectivity index (χ2v) is 9.13. The molecule has 0 saturated carbocycles. The predicted molar refractivity (Wildman–Crippen MR) is 122 cm³/mol. The summed E-state index contributed by atoms with van der Waals surface area (Å²) in [5.41, 5.74) is 1.15. The van der Waals surface area contributed by atoms with Gasteiger partial charge in [-0.3, -0.25) is 24.8 Å². The quantitative estimate of drug-likeness (QED) is 0.357. The van der Waals surface area contributed by atoms with Gasteiger partial charge in [0.2, 0.25) is 10.0 Å². The molecule has 0 aliphatic carbocycles. The van der Waals surface area contributed by atoms with Crippen molar-refractivity contribution in [1.29, 1.82) is 0 Å². The number of aromatic amines is 1. The number of imide groups is 1. The highest BCUT2D eigenvalue weighted by molar-refractivity contribution is 7.89. The first kappa shape index (κ1) is 21.4. The van der Waals surface area contributed by atoms with Gasteiger partial charge in [0.25, 0.3) is 17.4 Å². The van der Waals surface area contributed by atoms with Gasteiger partial charge in [-0.05, 0) is 54.6 Å². The fraction of sp³-hybridized carbons (Fsp3) is 0. The molecule has 2 aromatic heterocycles. The van der Waals surface area contributed by atoms with Gasteiger partial charge in [-0.25, -0.2) is 18.2 Å². The van der Waals surface area contributed by atoms with Gasteiger partial charge in [0.1, 0.15) is 11.5 Å². The van der Waals surface area contributed by atoms with Gasteiger partial charge in [0.15, 0.2) is 0 Å². The Balaban J connectivity index is 1.51. The van der Waals surface area contributed by atoms with Crippen molar-refractivity contribution in [2.75, 3.05) is 0 Å². The Hall–Kier alpha value is -4.48. The molecule has 2 amide bonds. The molecule has 0 spiro atoms. The van der Waals surface area contributed by atoms with Crippen molar-refractivity contribution in [2.45, 2.75) is 4.90 Å². The summed E-state index contributed by atoms with van der Waals surface area (Å²) in [5, 5.41) is 10.8. The Morgan fingerprint density at radius 2 is 1.65 bits per heavy atom. The van der Waals surface area contributed by atoms with E-state index in [1.54, 1.807) is 30.3 Å². The van der Waals surface area contributed by atoms with E-state index in [-0.39, 0.29) is 15.7 Å². The molecule has 4 aromatic rings. The molecule has 3 heterocycles. The number of benzene rings is 2. The minimum absolute atomic E-state index is 0.0750. The van der Waals surface area contributed by atoms with E-state index in [4.69, 9.17) is 9.56 Å². The molecule has 0 fully saturated rings. The van der Waals surface area contributed by atoms with E-state index in [0.29, 0.717) is 33.7 Å². The number of nitrogens with two attached hydrogens (primary N) is 1. The fourth-order valence-electron chi connectivity index (χ4n) is 3.66. The Morgan fingerprint density at radius 3 is 2.35 bits per heavy atom. The molecular formula is C23H16N4O6S. The van der Waals surface area contributed by atoms with Crippen molar-refractivity contribution in [3.63, 3.8) is 0 Å². The summed E-state index contributed by atoms with van der Waals surface area (Å²) in [5.74, 6) is -0.0899. The van der Waals surface area contributed by atoms with Crippen molar-refractivity contribution in [3.05, 3.63) is 92.4 Å².